The van der Waals surface area contributed by atoms with Crippen molar-refractivity contribution in [3.8, 4) is 28.7 Å². The zero-order valence-corrected chi connectivity index (χ0v) is 18.6. The van der Waals surface area contributed by atoms with Gasteiger partial charge in [-0.25, -0.2) is 9.18 Å². The maximum absolute atomic E-state index is 13.2. The fraction of sp³-hybridized carbons (Fsp3) is 0.179. The van der Waals surface area contributed by atoms with E-state index in [-0.39, 0.29) is 5.82 Å². The van der Waals surface area contributed by atoms with Crippen molar-refractivity contribution in [2.75, 3.05) is 13.7 Å². The summed E-state index contributed by atoms with van der Waals surface area (Å²) in [4.78, 5) is 11.1. The van der Waals surface area contributed by atoms with E-state index in [4.69, 9.17) is 19.0 Å². The van der Waals surface area contributed by atoms with Gasteiger partial charge in [0.05, 0.1) is 12.9 Å². The first-order valence-electron chi connectivity index (χ1n) is 10.8. The lowest BCUT2D eigenvalue weighted by Gasteiger charge is -2.09. The van der Waals surface area contributed by atoms with E-state index >= 15 is 0 Å². The Labute approximate surface area is 196 Å². The Kier molecular flexibility index (Phi) is 7.26. The van der Waals surface area contributed by atoms with E-state index in [1.165, 1.54) is 19.2 Å². The van der Waals surface area contributed by atoms with Crippen LogP contribution in [0.4, 0.5) is 4.39 Å². The van der Waals surface area contributed by atoms with Crippen LogP contribution < -0.4 is 4.74 Å². The van der Waals surface area contributed by atoms with Crippen molar-refractivity contribution in [1.82, 2.24) is 0 Å². The van der Waals surface area contributed by atoms with Gasteiger partial charge in [-0.05, 0) is 47.5 Å². The molecule has 172 valence electrons. The Balaban J connectivity index is 1.31. The van der Waals surface area contributed by atoms with Crippen molar-refractivity contribution in [2.45, 2.75) is 18.9 Å². The summed E-state index contributed by atoms with van der Waals surface area (Å²) in [6.45, 7) is 0.427. The highest BCUT2D eigenvalue weighted by molar-refractivity contribution is 5.94. The molecule has 0 aliphatic heterocycles. The first kappa shape index (κ1) is 23.1. The molecule has 3 aromatic carbocycles. The van der Waals surface area contributed by atoms with Crippen LogP contribution in [0.5, 0.6) is 5.75 Å². The lowest BCUT2D eigenvalue weighted by Crippen LogP contribution is -2.24. The van der Waals surface area contributed by atoms with Crippen molar-refractivity contribution < 1.29 is 28.2 Å². The number of hydrogen-bond acceptors (Lipinski definition) is 4. The average molecular weight is 458 g/mol. The Bertz CT molecular complexity index is 1330. The molecule has 0 unspecified atom stereocenters. The predicted octanol–water partition coefficient (Wildman–Crippen LogP) is 5.70. The van der Waals surface area contributed by atoms with E-state index in [2.05, 4.69) is 11.8 Å². The number of hydrogen-bond donors (Lipinski definition) is 1. The van der Waals surface area contributed by atoms with E-state index < -0.39 is 12.1 Å². The second-order valence-electron chi connectivity index (χ2n) is 7.68. The molecule has 34 heavy (non-hydrogen) atoms. The molecule has 0 spiro atoms. The van der Waals surface area contributed by atoms with Crippen LogP contribution in [0.2, 0.25) is 0 Å². The zero-order chi connectivity index (χ0) is 23.9. The first-order valence-corrected chi connectivity index (χ1v) is 10.8. The van der Waals surface area contributed by atoms with E-state index in [0.29, 0.717) is 30.8 Å². The maximum Gasteiger partial charge on any atom is 0.333 e. The van der Waals surface area contributed by atoms with Crippen LogP contribution in [0.15, 0.2) is 77.4 Å². The molecule has 1 heterocycles. The van der Waals surface area contributed by atoms with Crippen molar-refractivity contribution in [1.29, 1.82) is 0 Å². The normalized spacial score (nSPS) is 11.6. The van der Waals surface area contributed by atoms with E-state index in [9.17, 15) is 9.18 Å². The molecule has 5 nitrogen and oxygen atoms in total. The second kappa shape index (κ2) is 10.7. The third-order valence-corrected chi connectivity index (χ3v) is 5.37. The average Bonchev–Trinajstić information content (AvgIpc) is 3.27. The van der Waals surface area contributed by atoms with E-state index in [1.807, 2.05) is 42.5 Å². The van der Waals surface area contributed by atoms with Gasteiger partial charge in [0.1, 0.15) is 17.1 Å². The molecule has 0 bridgehead atoms. The van der Waals surface area contributed by atoms with Gasteiger partial charge < -0.3 is 19.0 Å². The van der Waals surface area contributed by atoms with Crippen molar-refractivity contribution in [3.63, 3.8) is 0 Å². The summed E-state index contributed by atoms with van der Waals surface area (Å²) < 4.78 is 29.6. The number of carbonyl (C=O) groups is 1. The molecule has 6 heteroatoms. The van der Waals surface area contributed by atoms with Crippen molar-refractivity contribution in [3.05, 3.63) is 89.9 Å². The fourth-order valence-corrected chi connectivity index (χ4v) is 3.55. The molecule has 4 aromatic rings. The van der Waals surface area contributed by atoms with Crippen LogP contribution in [0, 0.1) is 17.7 Å². The highest BCUT2D eigenvalue weighted by atomic mass is 19.1. The predicted molar refractivity (Wildman–Crippen MR) is 127 cm³/mol. The van der Waals surface area contributed by atoms with E-state index in [0.717, 1.165) is 27.6 Å². The summed E-state index contributed by atoms with van der Waals surface area (Å²) in [5.41, 5.74) is 4.20. The number of ether oxygens (including phenoxy) is 2. The molecule has 0 saturated heterocycles. The van der Waals surface area contributed by atoms with Crippen LogP contribution in [-0.2, 0) is 16.0 Å². The molecule has 0 aliphatic carbocycles. The Morgan fingerprint density at radius 2 is 1.85 bits per heavy atom. The quantitative estimate of drug-likeness (QED) is 0.271. The fourth-order valence-electron chi connectivity index (χ4n) is 3.55. The highest BCUT2D eigenvalue weighted by Gasteiger charge is 2.16. The minimum atomic E-state index is -0.981. The molecule has 1 aromatic heterocycles. The minimum Gasteiger partial charge on any atom is -0.492 e. The third-order valence-electron chi connectivity index (χ3n) is 5.37. The van der Waals surface area contributed by atoms with Gasteiger partial charge in [0.25, 0.3) is 0 Å². The number of benzene rings is 3. The first-order chi connectivity index (χ1) is 16.5. The van der Waals surface area contributed by atoms with Crippen LogP contribution in [0.1, 0.15) is 17.5 Å². The number of fused-ring (bicyclic) bond motifs is 1. The number of carboxylic acid groups (broad SMARTS) is 1. The summed E-state index contributed by atoms with van der Waals surface area (Å²) in [7, 11) is 1.39. The number of aliphatic carboxylic acids is 1. The molecular weight excluding hydrogens is 435 g/mol. The molecule has 1 N–H and O–H groups in total. The van der Waals surface area contributed by atoms with Gasteiger partial charge in [-0.1, -0.05) is 36.1 Å². The standard InChI is InChI=1S/C28H23FO5/c1-32-27(28(30)31)16-20-7-5-19(6-8-20)4-2-3-15-33-23-13-14-24-25(18-34-26(24)17-23)21-9-11-22(29)12-10-21/h5-14,17-18,27H,3,15-16H2,1H3,(H,30,31)/t27-/m0/s1. The molecule has 0 saturated carbocycles. The van der Waals surface area contributed by atoms with Gasteiger partial charge in [-0.3, -0.25) is 0 Å². The Hall–Kier alpha value is -4.08. The van der Waals surface area contributed by atoms with Crippen LogP contribution in [0.3, 0.4) is 0 Å². The van der Waals surface area contributed by atoms with Gasteiger partial charge in [0.2, 0.25) is 0 Å². The van der Waals surface area contributed by atoms with Crippen LogP contribution >= 0.6 is 0 Å². The molecule has 0 amide bonds. The Morgan fingerprint density at radius 3 is 2.56 bits per heavy atom. The maximum atomic E-state index is 13.2. The smallest absolute Gasteiger partial charge is 0.333 e. The summed E-state index contributed by atoms with van der Waals surface area (Å²) in [5, 5.41) is 10.0. The molecule has 0 radical (unpaired) electrons. The summed E-state index contributed by atoms with van der Waals surface area (Å²) >= 11 is 0. The number of halogens is 1. The van der Waals surface area contributed by atoms with Gasteiger partial charge in [0.15, 0.2) is 6.10 Å². The zero-order valence-electron chi connectivity index (χ0n) is 18.6. The molecule has 4 rings (SSSR count). The molecular formula is C28H23FO5. The summed E-state index contributed by atoms with van der Waals surface area (Å²) in [6, 6.07) is 19.4. The monoisotopic (exact) mass is 458 g/mol. The second-order valence-corrected chi connectivity index (χ2v) is 7.68. The lowest BCUT2D eigenvalue weighted by molar-refractivity contribution is -0.148. The van der Waals surface area contributed by atoms with Gasteiger partial charge in [-0.15, -0.1) is 0 Å². The number of rotatable bonds is 8. The van der Waals surface area contributed by atoms with Gasteiger partial charge in [-0.2, -0.15) is 0 Å². The Morgan fingerprint density at radius 1 is 1.09 bits per heavy atom. The lowest BCUT2D eigenvalue weighted by atomic mass is 10.0. The van der Waals surface area contributed by atoms with Gasteiger partial charge in [0, 0.05) is 42.5 Å². The highest BCUT2D eigenvalue weighted by Crippen LogP contribution is 2.32. The molecule has 0 aliphatic rings. The SMILES string of the molecule is CO[C@@H](Cc1ccc(C#CCCOc2ccc3c(-c4ccc(F)cc4)coc3c2)cc1)C(=O)O. The van der Waals surface area contributed by atoms with E-state index in [1.54, 1.807) is 18.4 Å². The van der Waals surface area contributed by atoms with Crippen LogP contribution in [0.25, 0.3) is 22.1 Å². The van der Waals surface area contributed by atoms with Crippen LogP contribution in [-0.4, -0.2) is 30.9 Å². The number of methoxy groups -OCH3 is 1. The minimum absolute atomic E-state index is 0.275. The summed E-state index contributed by atoms with van der Waals surface area (Å²) in [6.07, 6.45) is 1.65. The van der Waals surface area contributed by atoms with Gasteiger partial charge >= 0.3 is 5.97 Å². The number of carboxylic acids is 1. The molecule has 0 fully saturated rings. The summed E-state index contributed by atoms with van der Waals surface area (Å²) in [5.74, 6) is 5.59. The molecule has 1 atom stereocenters. The topological polar surface area (TPSA) is 68.9 Å². The largest absolute Gasteiger partial charge is 0.492 e. The third kappa shape index (κ3) is 5.64. The van der Waals surface area contributed by atoms with Crippen molar-refractivity contribution in [2.24, 2.45) is 0 Å². The number of furan rings is 1. The van der Waals surface area contributed by atoms with Crippen molar-refractivity contribution >= 4 is 16.9 Å².